The van der Waals surface area contributed by atoms with Gasteiger partial charge in [0.25, 0.3) is 0 Å². The van der Waals surface area contributed by atoms with Gasteiger partial charge in [0.05, 0.1) is 18.1 Å². The van der Waals surface area contributed by atoms with E-state index in [-0.39, 0.29) is 22.4 Å². The molecule has 2 aromatic rings. The van der Waals surface area contributed by atoms with Crippen LogP contribution in [0.4, 0.5) is 4.39 Å². The van der Waals surface area contributed by atoms with Crippen molar-refractivity contribution in [3.8, 4) is 16.9 Å². The smallest absolute Gasteiger partial charge is 0.196 e. The number of phenols is 1. The first-order chi connectivity index (χ1) is 13.7. The van der Waals surface area contributed by atoms with Crippen LogP contribution in [-0.4, -0.2) is 50.8 Å². The molecule has 1 fully saturated rings. The molecule has 1 aromatic carbocycles. The zero-order valence-electron chi connectivity index (χ0n) is 16.9. The number of likely N-dealkylation sites (tertiary alicyclic amines) is 1. The van der Waals surface area contributed by atoms with Gasteiger partial charge in [-0.3, -0.25) is 5.10 Å². The highest BCUT2D eigenvalue weighted by molar-refractivity contribution is 5.81. The van der Waals surface area contributed by atoms with E-state index in [1.165, 1.54) is 24.5 Å². The lowest BCUT2D eigenvalue weighted by atomic mass is 10.0. The number of guanidine groups is 1. The van der Waals surface area contributed by atoms with Crippen LogP contribution in [0.5, 0.6) is 5.75 Å². The summed E-state index contributed by atoms with van der Waals surface area (Å²) in [5, 5.41) is 20.2. The molecule has 0 saturated carbocycles. The second-order valence-electron chi connectivity index (χ2n) is 8.21. The molecule has 0 amide bonds. The zero-order valence-corrected chi connectivity index (χ0v) is 16.9. The van der Waals surface area contributed by atoms with Gasteiger partial charge in [-0.15, -0.1) is 0 Å². The van der Waals surface area contributed by atoms with Crippen LogP contribution in [0.1, 0.15) is 32.8 Å². The predicted molar refractivity (Wildman–Crippen MR) is 112 cm³/mol. The number of aromatic hydroxyl groups is 1. The number of aromatic nitrogens is 2. The molecule has 29 heavy (non-hydrogen) atoms. The SMILES string of the molecule is CC(C)(C)NC1CCN(C(N)=N/C=C(\N)c2ccc(-c3cn[nH]c3)c(F)c2O)C1. The van der Waals surface area contributed by atoms with Crippen LogP contribution >= 0.6 is 0 Å². The van der Waals surface area contributed by atoms with Crippen molar-refractivity contribution in [2.24, 2.45) is 16.5 Å². The second-order valence-corrected chi connectivity index (χ2v) is 8.21. The van der Waals surface area contributed by atoms with Gasteiger partial charge in [-0.2, -0.15) is 5.10 Å². The maximum atomic E-state index is 14.6. The first-order valence-electron chi connectivity index (χ1n) is 9.48. The Hall–Kier alpha value is -3.07. The van der Waals surface area contributed by atoms with Crippen LogP contribution in [0.3, 0.4) is 0 Å². The highest BCUT2D eigenvalue weighted by Gasteiger charge is 2.26. The molecule has 2 heterocycles. The van der Waals surface area contributed by atoms with E-state index >= 15 is 0 Å². The molecule has 1 aliphatic heterocycles. The normalized spacial score (nSPS) is 18.5. The molecule has 1 aliphatic rings. The molecule has 1 atom stereocenters. The van der Waals surface area contributed by atoms with Crippen LogP contribution in [0.25, 0.3) is 16.8 Å². The summed E-state index contributed by atoms with van der Waals surface area (Å²) in [7, 11) is 0. The molecule has 1 unspecified atom stereocenters. The molecule has 3 rings (SSSR count). The van der Waals surface area contributed by atoms with Crippen molar-refractivity contribution in [2.75, 3.05) is 13.1 Å². The number of rotatable bonds is 4. The van der Waals surface area contributed by atoms with E-state index in [0.29, 0.717) is 17.6 Å². The molecule has 0 bridgehead atoms. The summed E-state index contributed by atoms with van der Waals surface area (Å²) in [5.74, 6) is -0.976. The first-order valence-corrected chi connectivity index (χ1v) is 9.48. The first kappa shape index (κ1) is 20.7. The van der Waals surface area contributed by atoms with E-state index in [4.69, 9.17) is 11.5 Å². The topological polar surface area (TPSA) is 129 Å². The number of aliphatic imine (C=N–C) groups is 1. The molecule has 156 valence electrons. The van der Waals surface area contributed by atoms with E-state index in [2.05, 4.69) is 41.3 Å². The number of nitrogens with one attached hydrogen (secondary N) is 2. The third kappa shape index (κ3) is 4.86. The maximum Gasteiger partial charge on any atom is 0.196 e. The second kappa shape index (κ2) is 8.12. The van der Waals surface area contributed by atoms with Crippen molar-refractivity contribution in [2.45, 2.75) is 38.8 Å². The largest absolute Gasteiger partial charge is 0.504 e. The van der Waals surface area contributed by atoms with Gasteiger partial charge in [-0.25, -0.2) is 9.38 Å². The number of nitrogens with zero attached hydrogens (tertiary/aromatic N) is 3. The van der Waals surface area contributed by atoms with Crippen LogP contribution in [0, 0.1) is 5.82 Å². The fourth-order valence-corrected chi connectivity index (χ4v) is 3.40. The molecular weight excluding hydrogens is 373 g/mol. The summed E-state index contributed by atoms with van der Waals surface area (Å²) >= 11 is 0. The van der Waals surface area contributed by atoms with Gasteiger partial charge in [-0.05, 0) is 33.3 Å². The molecular formula is C20H28FN7O. The lowest BCUT2D eigenvalue weighted by Gasteiger charge is -2.26. The lowest BCUT2D eigenvalue weighted by molar-refractivity contribution is 0.359. The van der Waals surface area contributed by atoms with Crippen LogP contribution in [0.2, 0.25) is 0 Å². The van der Waals surface area contributed by atoms with E-state index < -0.39 is 11.6 Å². The van der Waals surface area contributed by atoms with Crippen molar-refractivity contribution >= 4 is 11.7 Å². The molecule has 1 saturated heterocycles. The average molecular weight is 401 g/mol. The highest BCUT2D eigenvalue weighted by atomic mass is 19.1. The number of nitrogens with two attached hydrogens (primary N) is 2. The van der Waals surface area contributed by atoms with Gasteiger partial charge in [0.1, 0.15) is 0 Å². The molecule has 0 radical (unpaired) electrons. The van der Waals surface area contributed by atoms with Crippen LogP contribution in [0.15, 0.2) is 35.7 Å². The standard InChI is InChI=1S/C20H28FN7O/c1-20(2,3)27-13-6-7-28(11-13)19(23)24-10-16(22)15-5-4-14(17(21)18(15)29)12-8-25-26-9-12/h4-5,8-10,13,27,29H,6-7,11,22H2,1-3H3,(H2,23,24)(H,25,26)/b16-10-. The van der Waals surface area contributed by atoms with Gasteiger partial charge < -0.3 is 26.8 Å². The zero-order chi connectivity index (χ0) is 21.2. The fourth-order valence-electron chi connectivity index (χ4n) is 3.40. The summed E-state index contributed by atoms with van der Waals surface area (Å²) in [6, 6.07) is 3.41. The van der Waals surface area contributed by atoms with E-state index in [1.54, 1.807) is 6.20 Å². The summed E-state index contributed by atoms with van der Waals surface area (Å²) in [6.07, 6.45) is 5.32. The van der Waals surface area contributed by atoms with Crippen molar-refractivity contribution in [1.82, 2.24) is 20.4 Å². The van der Waals surface area contributed by atoms with E-state index in [1.807, 2.05) is 4.90 Å². The Morgan fingerprint density at radius 3 is 2.83 bits per heavy atom. The van der Waals surface area contributed by atoms with Crippen molar-refractivity contribution in [3.05, 3.63) is 42.1 Å². The molecule has 1 aromatic heterocycles. The minimum atomic E-state index is -0.771. The summed E-state index contributed by atoms with van der Waals surface area (Å²) in [4.78, 5) is 6.18. The molecule has 7 N–H and O–H groups in total. The van der Waals surface area contributed by atoms with Gasteiger partial charge in [0.15, 0.2) is 17.5 Å². The average Bonchev–Trinajstić information content (AvgIpc) is 3.32. The minimum absolute atomic E-state index is 0.0289. The maximum absolute atomic E-state index is 14.6. The van der Waals surface area contributed by atoms with E-state index in [0.717, 1.165) is 19.5 Å². The molecule has 9 heteroatoms. The number of aromatic amines is 1. The Labute approximate surface area is 169 Å². The Bertz CT molecular complexity index is 916. The van der Waals surface area contributed by atoms with Crippen LogP contribution < -0.4 is 16.8 Å². The third-order valence-corrected chi connectivity index (χ3v) is 4.72. The predicted octanol–water partition coefficient (Wildman–Crippen LogP) is 1.96. The number of hydrogen-bond acceptors (Lipinski definition) is 5. The summed E-state index contributed by atoms with van der Waals surface area (Å²) in [5.41, 5.74) is 13.2. The van der Waals surface area contributed by atoms with Gasteiger partial charge >= 0.3 is 0 Å². The number of halogens is 1. The van der Waals surface area contributed by atoms with Gasteiger partial charge in [-0.1, -0.05) is 6.07 Å². The van der Waals surface area contributed by atoms with Crippen molar-refractivity contribution in [1.29, 1.82) is 0 Å². The Kier molecular flexibility index (Phi) is 5.78. The number of benzene rings is 1. The Morgan fingerprint density at radius 1 is 1.41 bits per heavy atom. The molecule has 8 nitrogen and oxygen atoms in total. The van der Waals surface area contributed by atoms with Gasteiger partial charge in [0, 0.05) is 47.6 Å². The Morgan fingerprint density at radius 2 is 2.17 bits per heavy atom. The summed E-state index contributed by atoms with van der Waals surface area (Å²) in [6.45, 7) is 7.91. The summed E-state index contributed by atoms with van der Waals surface area (Å²) < 4.78 is 14.6. The van der Waals surface area contributed by atoms with Crippen molar-refractivity contribution in [3.63, 3.8) is 0 Å². The minimum Gasteiger partial charge on any atom is -0.504 e. The monoisotopic (exact) mass is 401 g/mol. The lowest BCUT2D eigenvalue weighted by Crippen LogP contribution is -2.46. The third-order valence-electron chi connectivity index (χ3n) is 4.72. The molecule has 0 spiro atoms. The van der Waals surface area contributed by atoms with E-state index in [9.17, 15) is 9.50 Å². The van der Waals surface area contributed by atoms with Crippen LogP contribution in [-0.2, 0) is 0 Å². The quantitative estimate of drug-likeness (QED) is 0.393. The highest BCUT2D eigenvalue weighted by Crippen LogP contribution is 2.33. The van der Waals surface area contributed by atoms with Crippen molar-refractivity contribution < 1.29 is 9.50 Å². The number of phenolic OH excluding ortho intramolecular Hbond substituents is 1. The number of H-pyrrole nitrogens is 1. The number of hydrogen-bond donors (Lipinski definition) is 5. The Balaban J connectivity index is 1.73. The fraction of sp³-hybridized carbons (Fsp3) is 0.400. The van der Waals surface area contributed by atoms with Gasteiger partial charge in [0.2, 0.25) is 0 Å². The molecule has 0 aliphatic carbocycles.